The third kappa shape index (κ3) is 4.43. The van der Waals surface area contributed by atoms with E-state index in [4.69, 9.17) is 7.85 Å². The summed E-state index contributed by atoms with van der Waals surface area (Å²) in [4.78, 5) is 19.3. The van der Waals surface area contributed by atoms with Gasteiger partial charge < -0.3 is 10.3 Å². The predicted octanol–water partition coefficient (Wildman–Crippen LogP) is 2.75. The number of rotatable bonds is 6. The summed E-state index contributed by atoms with van der Waals surface area (Å²) in [6.07, 6.45) is 9.39. The zero-order valence-electron chi connectivity index (χ0n) is 17.5. The van der Waals surface area contributed by atoms with Crippen LogP contribution >= 0.6 is 0 Å². The van der Waals surface area contributed by atoms with E-state index in [9.17, 15) is 17.6 Å². The Hall–Kier alpha value is -3.40. The molecule has 1 unspecified atom stereocenters. The molecule has 166 valence electrons. The van der Waals surface area contributed by atoms with Gasteiger partial charge in [-0.15, -0.1) is 0 Å². The first-order valence-electron chi connectivity index (χ1n) is 10.6. The number of H-pyrrole nitrogens is 1. The number of hydrogen-bond acceptors (Lipinski definition) is 4. The minimum absolute atomic E-state index is 0.0231. The molecule has 0 aliphatic heterocycles. The van der Waals surface area contributed by atoms with Gasteiger partial charge in [0.2, 0.25) is 5.91 Å². The van der Waals surface area contributed by atoms with E-state index >= 15 is 0 Å². The average Bonchev–Trinajstić information content (AvgIpc) is 3.51. The number of carbonyl (C=O) groups is 1. The molecule has 0 spiro atoms. The van der Waals surface area contributed by atoms with Gasteiger partial charge in [0.25, 0.3) is 10.0 Å². The summed E-state index contributed by atoms with van der Waals surface area (Å²) in [5.41, 5.74) is 2.13. The fraction of sp³-hybridized carbons (Fsp3) is 0.217. The monoisotopic (exact) mass is 462 g/mol. The van der Waals surface area contributed by atoms with Crippen molar-refractivity contribution in [3.8, 4) is 0 Å². The molecule has 1 saturated carbocycles. The quantitative estimate of drug-likeness (QED) is 0.490. The highest BCUT2D eigenvalue weighted by atomic mass is 32.2. The van der Waals surface area contributed by atoms with E-state index in [0.29, 0.717) is 23.6 Å². The number of sulfonamides is 1. The van der Waals surface area contributed by atoms with Crippen molar-refractivity contribution in [2.45, 2.75) is 30.1 Å². The molecular weight excluding hydrogens is 442 g/mol. The molecule has 10 heteroatoms. The molecule has 1 atom stereocenters. The zero-order valence-corrected chi connectivity index (χ0v) is 18.3. The normalized spacial score (nSPS) is 18.2. The third-order valence-electron chi connectivity index (χ3n) is 5.76. The lowest BCUT2D eigenvalue weighted by molar-refractivity contribution is -0.117. The standard InChI is InChI=1S/C23H20BFN4O3S/c24-15-5-8-20(19(25)11-15)33(31,32)29-16-6-3-13(4-7-16)18-12-21(28-23(30)14-1-2-14)27-22-17(18)9-10-26-22/h3,5-14,29H,1-2,4H2,(H2,26,27,28,30). The molecular formula is C23H20BFN4O3S. The van der Waals surface area contributed by atoms with Crippen LogP contribution in [0.4, 0.5) is 10.2 Å². The Morgan fingerprint density at radius 3 is 2.73 bits per heavy atom. The van der Waals surface area contributed by atoms with E-state index < -0.39 is 20.7 Å². The minimum atomic E-state index is -4.10. The SMILES string of the molecule is [B]c1ccc(S(=O)(=O)NC2=CCC(c3cc(NC(=O)C4CC4)nc4[nH]ccc34)C=C2)c(F)c1. The van der Waals surface area contributed by atoms with E-state index in [1.807, 2.05) is 18.2 Å². The number of nitrogens with one attached hydrogen (secondary N) is 3. The summed E-state index contributed by atoms with van der Waals surface area (Å²) in [5, 5.41) is 3.81. The molecule has 5 rings (SSSR count). The van der Waals surface area contributed by atoms with Gasteiger partial charge >= 0.3 is 0 Å². The molecule has 2 aliphatic carbocycles. The number of pyridine rings is 1. The van der Waals surface area contributed by atoms with Crippen LogP contribution in [0.2, 0.25) is 0 Å². The number of aromatic amines is 1. The lowest BCUT2D eigenvalue weighted by Crippen LogP contribution is -2.25. The highest BCUT2D eigenvalue weighted by Crippen LogP contribution is 2.34. The summed E-state index contributed by atoms with van der Waals surface area (Å²) in [6, 6.07) is 7.23. The maximum Gasteiger partial charge on any atom is 0.264 e. The number of fused-ring (bicyclic) bond motifs is 1. The van der Waals surface area contributed by atoms with Crippen LogP contribution in [0.5, 0.6) is 0 Å². The maximum atomic E-state index is 14.1. The second kappa shape index (κ2) is 8.19. The van der Waals surface area contributed by atoms with Crippen LogP contribution in [0.3, 0.4) is 0 Å². The summed E-state index contributed by atoms with van der Waals surface area (Å²) >= 11 is 0. The second-order valence-electron chi connectivity index (χ2n) is 8.26. The van der Waals surface area contributed by atoms with E-state index in [-0.39, 0.29) is 23.2 Å². The Morgan fingerprint density at radius 2 is 2.03 bits per heavy atom. The van der Waals surface area contributed by atoms with E-state index in [2.05, 4.69) is 20.0 Å². The Kier molecular flexibility index (Phi) is 5.32. The number of hydrogen-bond donors (Lipinski definition) is 3. The van der Waals surface area contributed by atoms with Crippen molar-refractivity contribution in [3.05, 3.63) is 71.8 Å². The van der Waals surface area contributed by atoms with Crippen molar-refractivity contribution in [2.24, 2.45) is 5.92 Å². The molecule has 3 aromatic rings. The van der Waals surface area contributed by atoms with Crippen LogP contribution in [-0.4, -0.2) is 32.1 Å². The van der Waals surface area contributed by atoms with Gasteiger partial charge in [-0.1, -0.05) is 23.7 Å². The van der Waals surface area contributed by atoms with Gasteiger partial charge in [0, 0.05) is 29.1 Å². The number of benzene rings is 1. The van der Waals surface area contributed by atoms with Gasteiger partial charge in [0.1, 0.15) is 30.0 Å². The van der Waals surface area contributed by atoms with E-state index in [1.54, 1.807) is 18.3 Å². The van der Waals surface area contributed by atoms with Crippen LogP contribution in [0, 0.1) is 11.7 Å². The summed E-state index contributed by atoms with van der Waals surface area (Å²) in [5.74, 6) is -0.435. The number of nitrogens with zero attached hydrogens (tertiary/aromatic N) is 1. The van der Waals surface area contributed by atoms with Crippen molar-refractivity contribution in [1.29, 1.82) is 0 Å². The molecule has 1 fully saturated rings. The maximum absolute atomic E-state index is 14.1. The highest BCUT2D eigenvalue weighted by molar-refractivity contribution is 7.89. The van der Waals surface area contributed by atoms with Crippen LogP contribution in [0.25, 0.3) is 11.0 Å². The molecule has 2 aliphatic rings. The molecule has 0 bridgehead atoms. The first-order valence-corrected chi connectivity index (χ1v) is 12.0. The molecule has 1 aromatic carbocycles. The minimum Gasteiger partial charge on any atom is -0.346 e. The average molecular weight is 462 g/mol. The van der Waals surface area contributed by atoms with E-state index in [1.165, 1.54) is 6.07 Å². The van der Waals surface area contributed by atoms with Gasteiger partial charge in [-0.05, 0) is 55.2 Å². The Morgan fingerprint density at radius 1 is 1.21 bits per heavy atom. The van der Waals surface area contributed by atoms with Crippen molar-refractivity contribution < 1.29 is 17.6 Å². The van der Waals surface area contributed by atoms with Crippen molar-refractivity contribution in [2.75, 3.05) is 5.32 Å². The Balaban J connectivity index is 1.36. The van der Waals surface area contributed by atoms with Crippen LogP contribution in [0.15, 0.2) is 65.3 Å². The fourth-order valence-corrected chi connectivity index (χ4v) is 5.01. The molecule has 7 nitrogen and oxygen atoms in total. The molecule has 33 heavy (non-hydrogen) atoms. The zero-order chi connectivity index (χ0) is 23.2. The van der Waals surface area contributed by atoms with Crippen molar-refractivity contribution in [3.63, 3.8) is 0 Å². The molecule has 2 aromatic heterocycles. The van der Waals surface area contributed by atoms with Gasteiger partial charge in [0.05, 0.1) is 0 Å². The lowest BCUT2D eigenvalue weighted by atomic mass is 9.90. The van der Waals surface area contributed by atoms with Gasteiger partial charge in [0.15, 0.2) is 0 Å². The van der Waals surface area contributed by atoms with Gasteiger partial charge in [-0.25, -0.2) is 17.8 Å². The molecule has 2 radical (unpaired) electrons. The largest absolute Gasteiger partial charge is 0.346 e. The van der Waals surface area contributed by atoms with Crippen molar-refractivity contribution in [1.82, 2.24) is 14.7 Å². The topological polar surface area (TPSA) is 104 Å². The van der Waals surface area contributed by atoms with Crippen LogP contribution in [-0.2, 0) is 14.8 Å². The molecule has 3 N–H and O–H groups in total. The predicted molar refractivity (Wildman–Crippen MR) is 124 cm³/mol. The third-order valence-corrected chi connectivity index (χ3v) is 7.17. The summed E-state index contributed by atoms with van der Waals surface area (Å²) in [7, 11) is 1.40. The van der Waals surface area contributed by atoms with E-state index in [0.717, 1.165) is 35.9 Å². The number of allylic oxidation sites excluding steroid dienone is 3. The summed E-state index contributed by atoms with van der Waals surface area (Å²) in [6.45, 7) is 0. The number of amides is 1. The molecule has 0 saturated heterocycles. The molecule has 2 heterocycles. The number of aromatic nitrogens is 2. The number of carbonyl (C=O) groups excluding carboxylic acids is 1. The number of halogens is 1. The smallest absolute Gasteiger partial charge is 0.264 e. The fourth-order valence-electron chi connectivity index (χ4n) is 3.88. The van der Waals surface area contributed by atoms with Gasteiger partial charge in [-0.2, -0.15) is 0 Å². The van der Waals surface area contributed by atoms with Crippen LogP contribution < -0.4 is 15.5 Å². The van der Waals surface area contributed by atoms with Crippen LogP contribution in [0.1, 0.15) is 30.7 Å². The first kappa shape index (κ1) is 21.5. The lowest BCUT2D eigenvalue weighted by Gasteiger charge is -2.19. The molecule has 1 amide bonds. The van der Waals surface area contributed by atoms with Crippen molar-refractivity contribution >= 4 is 46.1 Å². The first-order chi connectivity index (χ1) is 15.8. The van der Waals surface area contributed by atoms with Gasteiger partial charge in [-0.3, -0.25) is 9.52 Å². The number of anilines is 1. The Labute approximate surface area is 191 Å². The summed E-state index contributed by atoms with van der Waals surface area (Å²) < 4.78 is 41.8. The Bertz CT molecular complexity index is 1430. The highest BCUT2D eigenvalue weighted by Gasteiger charge is 2.30. The second-order valence-corrected chi connectivity index (χ2v) is 9.91.